The third-order valence-electron chi connectivity index (χ3n) is 2.30. The molecule has 17 heavy (non-hydrogen) atoms. The van der Waals surface area contributed by atoms with Gasteiger partial charge in [0.15, 0.2) is 0 Å². The maximum absolute atomic E-state index is 5.22. The zero-order valence-electron chi connectivity index (χ0n) is 9.39. The lowest BCUT2D eigenvalue weighted by Gasteiger charge is -2.07. The quantitative estimate of drug-likeness (QED) is 0.792. The van der Waals surface area contributed by atoms with E-state index in [0.717, 1.165) is 16.0 Å². The van der Waals surface area contributed by atoms with Crippen molar-refractivity contribution in [3.05, 3.63) is 52.8 Å². The molecule has 0 unspecified atom stereocenters. The summed E-state index contributed by atoms with van der Waals surface area (Å²) in [6.45, 7) is 0. The molecule has 4 heteroatoms. The van der Waals surface area contributed by atoms with Crippen molar-refractivity contribution in [1.82, 2.24) is 4.98 Å². The van der Waals surface area contributed by atoms with Gasteiger partial charge in [0.1, 0.15) is 5.75 Å². The summed E-state index contributed by atoms with van der Waals surface area (Å²) in [5.41, 5.74) is 1.23. The standard InChI is InChI=1S/C13H12BrNOS/c1-16-11-2-3-13(14)10(8-11)9-17-12-4-6-15-7-5-12/h2-8H,9H2,1H3. The summed E-state index contributed by atoms with van der Waals surface area (Å²) in [4.78, 5) is 5.22. The molecule has 2 aromatic rings. The van der Waals surface area contributed by atoms with Crippen molar-refractivity contribution < 1.29 is 4.74 Å². The molecule has 88 valence electrons. The molecule has 0 aliphatic carbocycles. The van der Waals surface area contributed by atoms with E-state index in [1.165, 1.54) is 10.5 Å². The number of hydrogen-bond donors (Lipinski definition) is 0. The molecule has 1 aromatic carbocycles. The summed E-state index contributed by atoms with van der Waals surface area (Å²) in [6, 6.07) is 10.0. The minimum absolute atomic E-state index is 0.888. The van der Waals surface area contributed by atoms with Gasteiger partial charge < -0.3 is 4.74 Å². The zero-order chi connectivity index (χ0) is 12.1. The van der Waals surface area contributed by atoms with E-state index in [1.54, 1.807) is 18.9 Å². The number of aromatic nitrogens is 1. The fraction of sp³-hybridized carbons (Fsp3) is 0.154. The van der Waals surface area contributed by atoms with E-state index in [4.69, 9.17) is 4.74 Å². The number of rotatable bonds is 4. The van der Waals surface area contributed by atoms with Crippen LogP contribution in [0.1, 0.15) is 5.56 Å². The van der Waals surface area contributed by atoms with Crippen LogP contribution in [0.4, 0.5) is 0 Å². The molecule has 0 aliphatic rings. The second-order valence-electron chi connectivity index (χ2n) is 3.43. The number of halogens is 1. The number of ether oxygens (including phenoxy) is 1. The molecule has 0 aliphatic heterocycles. The van der Waals surface area contributed by atoms with E-state index in [1.807, 2.05) is 36.7 Å². The third-order valence-corrected chi connectivity index (χ3v) is 4.13. The Kier molecular flexibility index (Phi) is 4.45. The van der Waals surface area contributed by atoms with Crippen LogP contribution in [0.2, 0.25) is 0 Å². The van der Waals surface area contributed by atoms with Crippen LogP contribution in [0.15, 0.2) is 52.1 Å². The average Bonchev–Trinajstić information content (AvgIpc) is 2.39. The minimum atomic E-state index is 0.888. The Bertz CT molecular complexity index is 490. The topological polar surface area (TPSA) is 22.1 Å². The largest absolute Gasteiger partial charge is 0.497 e. The van der Waals surface area contributed by atoms with Gasteiger partial charge in [-0.2, -0.15) is 0 Å². The van der Waals surface area contributed by atoms with Gasteiger partial charge >= 0.3 is 0 Å². The molecule has 0 N–H and O–H groups in total. The second kappa shape index (κ2) is 6.07. The molecule has 0 atom stereocenters. The van der Waals surface area contributed by atoms with Crippen LogP contribution in [0.3, 0.4) is 0 Å². The molecule has 0 fully saturated rings. The van der Waals surface area contributed by atoms with Crippen molar-refractivity contribution in [2.75, 3.05) is 7.11 Å². The van der Waals surface area contributed by atoms with Crippen LogP contribution in [-0.4, -0.2) is 12.1 Å². The number of thioether (sulfide) groups is 1. The number of nitrogens with zero attached hydrogens (tertiary/aromatic N) is 1. The first-order valence-corrected chi connectivity index (χ1v) is 6.92. The van der Waals surface area contributed by atoms with Crippen LogP contribution in [0, 0.1) is 0 Å². The first-order valence-electron chi connectivity index (χ1n) is 5.15. The Hall–Kier alpha value is -1.00. The van der Waals surface area contributed by atoms with Crippen LogP contribution in [-0.2, 0) is 5.75 Å². The van der Waals surface area contributed by atoms with Gasteiger partial charge in [0.25, 0.3) is 0 Å². The molecule has 0 spiro atoms. The highest BCUT2D eigenvalue weighted by Gasteiger charge is 2.03. The van der Waals surface area contributed by atoms with Crippen molar-refractivity contribution in [2.24, 2.45) is 0 Å². The van der Waals surface area contributed by atoms with Crippen LogP contribution in [0.5, 0.6) is 5.75 Å². The van der Waals surface area contributed by atoms with Gasteiger partial charge in [-0.05, 0) is 35.9 Å². The van der Waals surface area contributed by atoms with E-state index in [9.17, 15) is 0 Å². The van der Waals surface area contributed by atoms with Crippen LogP contribution >= 0.6 is 27.7 Å². The van der Waals surface area contributed by atoms with E-state index in [2.05, 4.69) is 27.0 Å². The highest BCUT2D eigenvalue weighted by atomic mass is 79.9. The highest BCUT2D eigenvalue weighted by Crippen LogP contribution is 2.29. The normalized spacial score (nSPS) is 10.2. The Morgan fingerprint density at radius 3 is 2.71 bits per heavy atom. The van der Waals surface area contributed by atoms with Crippen molar-refractivity contribution in [3.8, 4) is 5.75 Å². The molecule has 1 heterocycles. The van der Waals surface area contributed by atoms with Crippen molar-refractivity contribution >= 4 is 27.7 Å². The van der Waals surface area contributed by atoms with Gasteiger partial charge in [-0.15, -0.1) is 11.8 Å². The Morgan fingerprint density at radius 2 is 2.00 bits per heavy atom. The van der Waals surface area contributed by atoms with Crippen LogP contribution in [0.25, 0.3) is 0 Å². The maximum Gasteiger partial charge on any atom is 0.119 e. The van der Waals surface area contributed by atoms with E-state index >= 15 is 0 Å². The van der Waals surface area contributed by atoms with Crippen LogP contribution < -0.4 is 4.74 Å². The molecule has 0 saturated carbocycles. The summed E-state index contributed by atoms with van der Waals surface area (Å²) in [5, 5.41) is 0. The molecular formula is C13H12BrNOS. The first-order chi connectivity index (χ1) is 8.29. The molecular weight excluding hydrogens is 298 g/mol. The Balaban J connectivity index is 2.08. The lowest BCUT2D eigenvalue weighted by molar-refractivity contribution is 0.414. The smallest absolute Gasteiger partial charge is 0.119 e. The van der Waals surface area contributed by atoms with Gasteiger partial charge in [0.2, 0.25) is 0 Å². The number of pyridine rings is 1. The van der Waals surface area contributed by atoms with Gasteiger partial charge in [-0.3, -0.25) is 4.98 Å². The van der Waals surface area contributed by atoms with Gasteiger partial charge in [0, 0.05) is 27.5 Å². The van der Waals surface area contributed by atoms with Crippen molar-refractivity contribution in [1.29, 1.82) is 0 Å². The highest BCUT2D eigenvalue weighted by molar-refractivity contribution is 9.10. The second-order valence-corrected chi connectivity index (χ2v) is 5.33. The summed E-state index contributed by atoms with van der Waals surface area (Å²) in [7, 11) is 1.68. The molecule has 0 saturated heterocycles. The minimum Gasteiger partial charge on any atom is -0.497 e. The SMILES string of the molecule is COc1ccc(Br)c(CSc2ccncc2)c1. The molecule has 1 aromatic heterocycles. The molecule has 2 nitrogen and oxygen atoms in total. The third kappa shape index (κ3) is 3.48. The van der Waals surface area contributed by atoms with Crippen molar-refractivity contribution in [3.63, 3.8) is 0 Å². The molecule has 0 bridgehead atoms. The maximum atomic E-state index is 5.22. The molecule has 0 amide bonds. The Labute approximate surface area is 114 Å². The van der Waals surface area contributed by atoms with Gasteiger partial charge in [0.05, 0.1) is 7.11 Å². The summed E-state index contributed by atoms with van der Waals surface area (Å²) < 4.78 is 6.33. The molecule has 2 rings (SSSR count). The van der Waals surface area contributed by atoms with Gasteiger partial charge in [-0.1, -0.05) is 15.9 Å². The van der Waals surface area contributed by atoms with Gasteiger partial charge in [-0.25, -0.2) is 0 Å². The number of methoxy groups -OCH3 is 1. The predicted octanol–water partition coefficient (Wildman–Crippen LogP) is 4.15. The first kappa shape index (κ1) is 12.5. The average molecular weight is 310 g/mol. The van der Waals surface area contributed by atoms with E-state index in [-0.39, 0.29) is 0 Å². The lowest BCUT2D eigenvalue weighted by Crippen LogP contribution is -1.87. The summed E-state index contributed by atoms with van der Waals surface area (Å²) in [5.74, 6) is 1.79. The number of benzene rings is 1. The molecule has 0 radical (unpaired) electrons. The Morgan fingerprint density at radius 1 is 1.24 bits per heavy atom. The zero-order valence-corrected chi connectivity index (χ0v) is 11.8. The monoisotopic (exact) mass is 309 g/mol. The fourth-order valence-electron chi connectivity index (χ4n) is 1.38. The van der Waals surface area contributed by atoms with E-state index < -0.39 is 0 Å². The predicted molar refractivity (Wildman–Crippen MR) is 74.5 cm³/mol. The van der Waals surface area contributed by atoms with Crippen molar-refractivity contribution in [2.45, 2.75) is 10.6 Å². The lowest BCUT2D eigenvalue weighted by atomic mass is 10.2. The summed E-state index contributed by atoms with van der Waals surface area (Å²) in [6.07, 6.45) is 3.62. The number of hydrogen-bond acceptors (Lipinski definition) is 3. The summed E-state index contributed by atoms with van der Waals surface area (Å²) >= 11 is 5.33. The fourth-order valence-corrected chi connectivity index (χ4v) is 2.83. The van der Waals surface area contributed by atoms with E-state index in [0.29, 0.717) is 0 Å².